The fraction of sp³-hybridized carbons (Fsp3) is 0.176. The molecule has 0 saturated heterocycles. The Kier molecular flexibility index (Phi) is 5.10. The van der Waals surface area contributed by atoms with E-state index in [2.05, 4.69) is 10.6 Å². The smallest absolute Gasteiger partial charge is 0.251 e. The van der Waals surface area contributed by atoms with E-state index >= 15 is 0 Å². The van der Waals surface area contributed by atoms with Crippen molar-refractivity contribution in [2.24, 2.45) is 0 Å². The van der Waals surface area contributed by atoms with E-state index in [0.29, 0.717) is 24.2 Å². The van der Waals surface area contributed by atoms with Gasteiger partial charge in [-0.15, -0.1) is 0 Å². The first-order valence-corrected chi connectivity index (χ1v) is 6.85. The first kappa shape index (κ1) is 14.8. The third-order valence-electron chi connectivity index (χ3n) is 3.01. The highest BCUT2D eigenvalue weighted by molar-refractivity contribution is 5.95. The number of amides is 2. The van der Waals surface area contributed by atoms with E-state index in [1.54, 1.807) is 18.2 Å². The number of aryl methyl sites for hydroxylation is 1. The molecule has 0 saturated carbocycles. The van der Waals surface area contributed by atoms with Crippen molar-refractivity contribution < 1.29 is 9.59 Å². The minimum Gasteiger partial charge on any atom is -0.350 e. The summed E-state index contributed by atoms with van der Waals surface area (Å²) in [5, 5.41) is 5.54. The van der Waals surface area contributed by atoms with Crippen LogP contribution < -0.4 is 10.6 Å². The highest BCUT2D eigenvalue weighted by Gasteiger charge is 2.06. The molecular weight excluding hydrogens is 264 g/mol. The SMILES string of the molecule is Cc1cccc(C(=O)NCCNC(=O)c2ccccc2)c1. The highest BCUT2D eigenvalue weighted by atomic mass is 16.2. The molecule has 108 valence electrons. The van der Waals surface area contributed by atoms with Gasteiger partial charge >= 0.3 is 0 Å². The van der Waals surface area contributed by atoms with Gasteiger partial charge in [-0.05, 0) is 31.2 Å². The monoisotopic (exact) mass is 282 g/mol. The largest absolute Gasteiger partial charge is 0.350 e. The zero-order chi connectivity index (χ0) is 15.1. The minimum atomic E-state index is -0.139. The van der Waals surface area contributed by atoms with E-state index < -0.39 is 0 Å². The average molecular weight is 282 g/mol. The fourth-order valence-electron chi connectivity index (χ4n) is 1.93. The van der Waals surface area contributed by atoms with Crippen LogP contribution in [0.2, 0.25) is 0 Å². The molecule has 0 aromatic heterocycles. The Labute approximate surface area is 124 Å². The van der Waals surface area contributed by atoms with Gasteiger partial charge in [0, 0.05) is 24.2 Å². The quantitative estimate of drug-likeness (QED) is 0.826. The van der Waals surface area contributed by atoms with Gasteiger partial charge in [0.2, 0.25) is 0 Å². The van der Waals surface area contributed by atoms with Gasteiger partial charge in [0.05, 0.1) is 0 Å². The molecule has 0 aliphatic heterocycles. The second-order valence-electron chi connectivity index (χ2n) is 4.75. The molecule has 2 amide bonds. The summed E-state index contributed by atoms with van der Waals surface area (Å²) in [7, 11) is 0. The molecule has 21 heavy (non-hydrogen) atoms. The van der Waals surface area contributed by atoms with Crippen molar-refractivity contribution in [3.63, 3.8) is 0 Å². The summed E-state index contributed by atoms with van der Waals surface area (Å²) in [5.74, 6) is -0.270. The zero-order valence-corrected chi connectivity index (χ0v) is 11.9. The maximum atomic E-state index is 11.9. The van der Waals surface area contributed by atoms with Crippen LogP contribution in [0, 0.1) is 6.92 Å². The van der Waals surface area contributed by atoms with Crippen LogP contribution in [0.25, 0.3) is 0 Å². The lowest BCUT2D eigenvalue weighted by atomic mass is 10.1. The minimum absolute atomic E-state index is 0.132. The molecule has 0 spiro atoms. The Hall–Kier alpha value is -2.62. The van der Waals surface area contributed by atoms with Crippen LogP contribution in [-0.4, -0.2) is 24.9 Å². The lowest BCUT2D eigenvalue weighted by Crippen LogP contribution is -2.34. The van der Waals surface area contributed by atoms with E-state index in [4.69, 9.17) is 0 Å². The van der Waals surface area contributed by atoms with Crippen LogP contribution >= 0.6 is 0 Å². The predicted molar refractivity (Wildman–Crippen MR) is 82.3 cm³/mol. The molecule has 2 aromatic carbocycles. The van der Waals surface area contributed by atoms with Crippen LogP contribution in [0.4, 0.5) is 0 Å². The van der Waals surface area contributed by atoms with Gasteiger partial charge in [0.15, 0.2) is 0 Å². The third-order valence-corrected chi connectivity index (χ3v) is 3.01. The molecule has 2 rings (SSSR count). The van der Waals surface area contributed by atoms with E-state index in [9.17, 15) is 9.59 Å². The topological polar surface area (TPSA) is 58.2 Å². The van der Waals surface area contributed by atoms with Gasteiger partial charge in [-0.2, -0.15) is 0 Å². The molecule has 2 aromatic rings. The maximum absolute atomic E-state index is 11.9. The van der Waals surface area contributed by atoms with Crippen molar-refractivity contribution in [3.05, 3.63) is 71.3 Å². The van der Waals surface area contributed by atoms with Crippen LogP contribution in [0.5, 0.6) is 0 Å². The van der Waals surface area contributed by atoms with Crippen molar-refractivity contribution in [2.75, 3.05) is 13.1 Å². The number of nitrogens with one attached hydrogen (secondary N) is 2. The summed E-state index contributed by atoms with van der Waals surface area (Å²) in [6.45, 7) is 2.73. The van der Waals surface area contributed by atoms with E-state index in [-0.39, 0.29) is 11.8 Å². The van der Waals surface area contributed by atoms with Gasteiger partial charge in [0.25, 0.3) is 11.8 Å². The van der Waals surface area contributed by atoms with Gasteiger partial charge in [-0.25, -0.2) is 0 Å². The third kappa shape index (κ3) is 4.45. The van der Waals surface area contributed by atoms with Crippen LogP contribution in [-0.2, 0) is 0 Å². The van der Waals surface area contributed by atoms with Gasteiger partial charge < -0.3 is 10.6 Å². The molecule has 4 heteroatoms. The number of hydrogen-bond acceptors (Lipinski definition) is 2. The Morgan fingerprint density at radius 1 is 0.810 bits per heavy atom. The van der Waals surface area contributed by atoms with Crippen molar-refractivity contribution in [3.8, 4) is 0 Å². The molecule has 0 aliphatic rings. The molecular formula is C17H18N2O2. The van der Waals surface area contributed by atoms with Crippen molar-refractivity contribution in [1.82, 2.24) is 10.6 Å². The molecule has 0 aliphatic carbocycles. The Balaban J connectivity index is 1.75. The number of rotatable bonds is 5. The molecule has 2 N–H and O–H groups in total. The summed E-state index contributed by atoms with van der Waals surface area (Å²) < 4.78 is 0. The summed E-state index contributed by atoms with van der Waals surface area (Å²) >= 11 is 0. The van der Waals surface area contributed by atoms with Crippen molar-refractivity contribution in [2.45, 2.75) is 6.92 Å². The number of benzene rings is 2. The lowest BCUT2D eigenvalue weighted by molar-refractivity contribution is 0.0927. The van der Waals surface area contributed by atoms with E-state index in [0.717, 1.165) is 5.56 Å². The summed E-state index contributed by atoms with van der Waals surface area (Å²) in [5.41, 5.74) is 2.28. The molecule has 0 atom stereocenters. The fourth-order valence-corrected chi connectivity index (χ4v) is 1.93. The number of carbonyl (C=O) groups is 2. The zero-order valence-electron chi connectivity index (χ0n) is 11.9. The average Bonchev–Trinajstić information content (AvgIpc) is 2.52. The van der Waals surface area contributed by atoms with Crippen molar-refractivity contribution >= 4 is 11.8 Å². The van der Waals surface area contributed by atoms with Crippen molar-refractivity contribution in [1.29, 1.82) is 0 Å². The highest BCUT2D eigenvalue weighted by Crippen LogP contribution is 2.03. The van der Waals surface area contributed by atoms with Crippen LogP contribution in [0.3, 0.4) is 0 Å². The van der Waals surface area contributed by atoms with Gasteiger partial charge in [-0.3, -0.25) is 9.59 Å². The summed E-state index contributed by atoms with van der Waals surface area (Å²) in [6.07, 6.45) is 0. The Morgan fingerprint density at radius 2 is 1.38 bits per heavy atom. The number of hydrogen-bond donors (Lipinski definition) is 2. The van der Waals surface area contributed by atoms with Crippen LogP contribution in [0.15, 0.2) is 54.6 Å². The van der Waals surface area contributed by atoms with E-state index in [1.165, 1.54) is 0 Å². The second-order valence-corrected chi connectivity index (χ2v) is 4.75. The Bertz CT molecular complexity index is 624. The second kappa shape index (κ2) is 7.24. The Morgan fingerprint density at radius 3 is 2.00 bits per heavy atom. The normalized spacial score (nSPS) is 9.95. The van der Waals surface area contributed by atoms with Crippen LogP contribution in [0.1, 0.15) is 26.3 Å². The lowest BCUT2D eigenvalue weighted by Gasteiger charge is -2.07. The molecule has 0 unspecified atom stereocenters. The first-order valence-electron chi connectivity index (χ1n) is 6.85. The number of carbonyl (C=O) groups excluding carboxylic acids is 2. The molecule has 4 nitrogen and oxygen atoms in total. The molecule has 0 radical (unpaired) electrons. The predicted octanol–water partition coefficient (Wildman–Crippen LogP) is 2.15. The van der Waals surface area contributed by atoms with Gasteiger partial charge in [-0.1, -0.05) is 35.9 Å². The molecule has 0 bridgehead atoms. The molecule has 0 heterocycles. The summed E-state index contributed by atoms with van der Waals surface area (Å²) in [4.78, 5) is 23.7. The first-order chi connectivity index (χ1) is 10.2. The maximum Gasteiger partial charge on any atom is 0.251 e. The summed E-state index contributed by atoms with van der Waals surface area (Å²) in [6, 6.07) is 16.4. The standard InChI is InChI=1S/C17H18N2O2/c1-13-6-5-9-15(12-13)17(21)19-11-10-18-16(20)14-7-3-2-4-8-14/h2-9,12H,10-11H2,1H3,(H,18,20)(H,19,21). The molecule has 0 fully saturated rings. The van der Waals surface area contributed by atoms with E-state index in [1.807, 2.05) is 43.3 Å². The van der Waals surface area contributed by atoms with Gasteiger partial charge in [0.1, 0.15) is 0 Å².